The number of hydrogen-bond acceptors (Lipinski definition) is 6. The molecule has 9 heteroatoms. The molecule has 3 rings (SSSR count). The lowest BCUT2D eigenvalue weighted by atomic mass is 9.92. The highest BCUT2D eigenvalue weighted by Gasteiger charge is 2.24. The molecule has 2 amide bonds. The van der Waals surface area contributed by atoms with Crippen molar-refractivity contribution >= 4 is 17.6 Å². The fourth-order valence-corrected chi connectivity index (χ4v) is 3.64. The summed E-state index contributed by atoms with van der Waals surface area (Å²) in [7, 11) is 4.58. The Morgan fingerprint density at radius 2 is 1.59 bits per heavy atom. The second-order valence-corrected chi connectivity index (χ2v) is 9.78. The lowest BCUT2D eigenvalue weighted by molar-refractivity contribution is -0.117. The van der Waals surface area contributed by atoms with Gasteiger partial charge in [0.15, 0.2) is 0 Å². The number of hydrogen-bond donors (Lipinski definition) is 1. The number of ether oxygens (including phenoxy) is 3. The molecule has 0 spiro atoms. The molecule has 37 heavy (non-hydrogen) atoms. The maximum Gasteiger partial charge on any atom is 0.254 e. The monoisotopic (exact) mass is 508 g/mol. The Labute approximate surface area is 218 Å². The molecule has 0 saturated heterocycles. The van der Waals surface area contributed by atoms with Gasteiger partial charge in [0.1, 0.15) is 23.9 Å². The standard InChI is InChI=1S/C28H36N4O5/c1-19-8-10-21(11-9-19)32-25(17-24(30-32)28(2,3)4)29-26(33)18-31(12-13-35-5)27(34)20-14-22(36-6)16-23(15-20)37-7/h8-11,14-17H,12-13,18H2,1-7H3,(H,29,33). The van der Waals surface area contributed by atoms with E-state index >= 15 is 0 Å². The Kier molecular flexibility index (Phi) is 8.94. The molecule has 1 N–H and O–H groups in total. The molecular weight excluding hydrogens is 472 g/mol. The number of aryl methyl sites for hydroxylation is 1. The van der Waals surface area contributed by atoms with Crippen LogP contribution >= 0.6 is 0 Å². The predicted octanol–water partition coefficient (Wildman–Crippen LogP) is 4.22. The molecule has 0 bridgehead atoms. The van der Waals surface area contributed by atoms with Gasteiger partial charge in [-0.15, -0.1) is 0 Å². The van der Waals surface area contributed by atoms with Crippen molar-refractivity contribution in [2.24, 2.45) is 0 Å². The molecule has 1 aromatic heterocycles. The SMILES string of the molecule is COCCN(CC(=O)Nc1cc(C(C)(C)C)nn1-c1ccc(C)cc1)C(=O)c1cc(OC)cc(OC)c1. The van der Waals surface area contributed by atoms with Crippen LogP contribution in [0, 0.1) is 6.92 Å². The van der Waals surface area contributed by atoms with Crippen molar-refractivity contribution in [3.05, 3.63) is 65.4 Å². The van der Waals surface area contributed by atoms with Crippen LogP contribution in [0.3, 0.4) is 0 Å². The van der Waals surface area contributed by atoms with Gasteiger partial charge in [-0.25, -0.2) is 4.68 Å². The van der Waals surface area contributed by atoms with E-state index in [4.69, 9.17) is 19.3 Å². The van der Waals surface area contributed by atoms with Crippen LogP contribution < -0.4 is 14.8 Å². The molecule has 0 aliphatic heterocycles. The average Bonchev–Trinajstić information content (AvgIpc) is 3.30. The van der Waals surface area contributed by atoms with E-state index in [1.54, 1.807) is 30.0 Å². The van der Waals surface area contributed by atoms with Gasteiger partial charge in [0.05, 0.1) is 32.2 Å². The highest BCUT2D eigenvalue weighted by atomic mass is 16.5. The van der Waals surface area contributed by atoms with Gasteiger partial charge in [-0.2, -0.15) is 5.10 Å². The van der Waals surface area contributed by atoms with E-state index in [9.17, 15) is 9.59 Å². The van der Waals surface area contributed by atoms with E-state index < -0.39 is 0 Å². The maximum absolute atomic E-state index is 13.4. The molecule has 0 fully saturated rings. The third-order valence-corrected chi connectivity index (χ3v) is 5.81. The summed E-state index contributed by atoms with van der Waals surface area (Å²) < 4.78 is 17.5. The highest BCUT2D eigenvalue weighted by Crippen LogP contribution is 2.27. The van der Waals surface area contributed by atoms with Crippen molar-refractivity contribution in [1.82, 2.24) is 14.7 Å². The second kappa shape index (κ2) is 11.9. The summed E-state index contributed by atoms with van der Waals surface area (Å²) in [5.74, 6) is 0.798. The number of benzene rings is 2. The molecule has 198 valence electrons. The topological polar surface area (TPSA) is 94.9 Å². The van der Waals surface area contributed by atoms with Crippen LogP contribution in [0.15, 0.2) is 48.5 Å². The highest BCUT2D eigenvalue weighted by molar-refractivity contribution is 5.99. The summed E-state index contributed by atoms with van der Waals surface area (Å²) in [6, 6.07) is 14.7. The summed E-state index contributed by atoms with van der Waals surface area (Å²) in [4.78, 5) is 28.1. The van der Waals surface area contributed by atoms with E-state index in [0.717, 1.165) is 16.9 Å². The number of amides is 2. The number of aromatic nitrogens is 2. The first-order valence-electron chi connectivity index (χ1n) is 12.0. The van der Waals surface area contributed by atoms with Gasteiger partial charge in [-0.05, 0) is 31.2 Å². The summed E-state index contributed by atoms with van der Waals surface area (Å²) in [6.07, 6.45) is 0. The van der Waals surface area contributed by atoms with E-state index in [1.807, 2.05) is 37.3 Å². The van der Waals surface area contributed by atoms with Gasteiger partial charge in [0.25, 0.3) is 5.91 Å². The van der Waals surface area contributed by atoms with Crippen LogP contribution in [0.5, 0.6) is 11.5 Å². The van der Waals surface area contributed by atoms with Crippen LogP contribution in [0.1, 0.15) is 42.4 Å². The first-order chi connectivity index (χ1) is 17.5. The third-order valence-electron chi connectivity index (χ3n) is 5.81. The Morgan fingerprint density at radius 1 is 0.973 bits per heavy atom. The molecule has 9 nitrogen and oxygen atoms in total. The Morgan fingerprint density at radius 3 is 2.14 bits per heavy atom. The quantitative estimate of drug-likeness (QED) is 0.441. The zero-order valence-electron chi connectivity index (χ0n) is 22.6. The number of anilines is 1. The summed E-state index contributed by atoms with van der Waals surface area (Å²) in [6.45, 7) is 8.53. The minimum absolute atomic E-state index is 0.175. The third kappa shape index (κ3) is 7.10. The van der Waals surface area contributed by atoms with Crippen molar-refractivity contribution in [1.29, 1.82) is 0 Å². The smallest absolute Gasteiger partial charge is 0.254 e. The average molecular weight is 509 g/mol. The van der Waals surface area contributed by atoms with Crippen LogP contribution in [0.2, 0.25) is 0 Å². The lowest BCUT2D eigenvalue weighted by Crippen LogP contribution is -2.40. The number of carbonyl (C=O) groups is 2. The lowest BCUT2D eigenvalue weighted by Gasteiger charge is -2.22. The van der Waals surface area contributed by atoms with E-state index in [2.05, 4.69) is 26.1 Å². The van der Waals surface area contributed by atoms with Gasteiger partial charge < -0.3 is 24.4 Å². The van der Waals surface area contributed by atoms with Crippen LogP contribution in [0.4, 0.5) is 5.82 Å². The van der Waals surface area contributed by atoms with E-state index in [-0.39, 0.29) is 36.9 Å². The number of nitrogens with zero attached hydrogens (tertiary/aromatic N) is 3. The predicted molar refractivity (Wildman–Crippen MR) is 143 cm³/mol. The van der Waals surface area contributed by atoms with Gasteiger partial charge in [0.2, 0.25) is 5.91 Å². The van der Waals surface area contributed by atoms with Crippen molar-refractivity contribution in [2.45, 2.75) is 33.1 Å². The molecule has 2 aromatic carbocycles. The second-order valence-electron chi connectivity index (χ2n) is 9.78. The van der Waals surface area contributed by atoms with Gasteiger partial charge in [-0.3, -0.25) is 9.59 Å². The minimum atomic E-state index is -0.354. The maximum atomic E-state index is 13.4. The Bertz CT molecular complexity index is 1210. The van der Waals surface area contributed by atoms with Crippen molar-refractivity contribution in [3.8, 4) is 17.2 Å². The molecular formula is C28H36N4O5. The zero-order chi connectivity index (χ0) is 27.2. The van der Waals surface area contributed by atoms with Crippen LogP contribution in [-0.2, 0) is 14.9 Å². The summed E-state index contributed by atoms with van der Waals surface area (Å²) in [5, 5.41) is 7.71. The Hall–Kier alpha value is -3.85. The summed E-state index contributed by atoms with van der Waals surface area (Å²) >= 11 is 0. The number of carbonyl (C=O) groups excluding carboxylic acids is 2. The molecule has 0 saturated carbocycles. The molecule has 0 atom stereocenters. The Balaban J connectivity index is 1.88. The molecule has 0 unspecified atom stereocenters. The molecule has 0 aliphatic rings. The number of rotatable bonds is 10. The van der Waals surface area contributed by atoms with Gasteiger partial charge in [-0.1, -0.05) is 38.5 Å². The molecule has 0 aliphatic carbocycles. The van der Waals surface area contributed by atoms with Crippen molar-refractivity contribution < 1.29 is 23.8 Å². The largest absolute Gasteiger partial charge is 0.497 e. The zero-order valence-corrected chi connectivity index (χ0v) is 22.6. The van der Waals surface area contributed by atoms with E-state index in [0.29, 0.717) is 22.9 Å². The fourth-order valence-electron chi connectivity index (χ4n) is 3.64. The van der Waals surface area contributed by atoms with Crippen LogP contribution in [-0.4, -0.2) is 67.5 Å². The van der Waals surface area contributed by atoms with Gasteiger partial charge in [0, 0.05) is 36.8 Å². The number of methoxy groups -OCH3 is 3. The van der Waals surface area contributed by atoms with Crippen LogP contribution in [0.25, 0.3) is 5.69 Å². The van der Waals surface area contributed by atoms with Crippen molar-refractivity contribution in [2.75, 3.05) is 46.3 Å². The number of nitrogens with one attached hydrogen (secondary N) is 1. The van der Waals surface area contributed by atoms with Crippen molar-refractivity contribution in [3.63, 3.8) is 0 Å². The molecule has 1 heterocycles. The minimum Gasteiger partial charge on any atom is -0.497 e. The van der Waals surface area contributed by atoms with E-state index in [1.165, 1.54) is 19.1 Å². The molecule has 0 radical (unpaired) electrons. The summed E-state index contributed by atoms with van der Waals surface area (Å²) in [5.41, 5.74) is 2.91. The first kappa shape index (κ1) is 27.7. The van der Waals surface area contributed by atoms with Gasteiger partial charge >= 0.3 is 0 Å². The molecule has 3 aromatic rings. The normalized spacial score (nSPS) is 11.2. The first-order valence-corrected chi connectivity index (χ1v) is 12.0. The fraction of sp³-hybridized carbons (Fsp3) is 0.393.